The van der Waals surface area contributed by atoms with Gasteiger partial charge >= 0.3 is 0 Å². The Hall–Kier alpha value is -0.260. The van der Waals surface area contributed by atoms with Crippen molar-refractivity contribution >= 4 is 17.7 Å². The van der Waals surface area contributed by atoms with E-state index < -0.39 is 5.54 Å². The van der Waals surface area contributed by atoms with Crippen molar-refractivity contribution < 1.29 is 9.90 Å². The van der Waals surface area contributed by atoms with Crippen molar-refractivity contribution in [2.24, 2.45) is 5.73 Å². The third kappa shape index (κ3) is 4.16. The Bertz CT molecular complexity index is 261. The first-order valence-corrected chi connectivity index (χ1v) is 7.35. The summed E-state index contributed by atoms with van der Waals surface area (Å²) in [6.45, 7) is 4.32. The molecule has 1 fully saturated rings. The lowest BCUT2D eigenvalue weighted by atomic mass is 9.96. The number of amides is 1. The summed E-state index contributed by atoms with van der Waals surface area (Å²) in [7, 11) is 0. The summed E-state index contributed by atoms with van der Waals surface area (Å²) >= 11 is 1.85. The number of carbonyl (C=O) groups is 1. The smallest absolute Gasteiger partial charge is 0.237 e. The Labute approximate surface area is 108 Å². The quantitative estimate of drug-likeness (QED) is 0.594. The zero-order chi connectivity index (χ0) is 12.9. The van der Waals surface area contributed by atoms with Crippen LogP contribution in [0.3, 0.4) is 0 Å². The molecule has 4 nitrogen and oxygen atoms in total. The molecule has 1 amide bonds. The van der Waals surface area contributed by atoms with Crippen molar-refractivity contribution in [3.05, 3.63) is 0 Å². The lowest BCUT2D eigenvalue weighted by Crippen LogP contribution is -2.56. The number of nitrogens with two attached hydrogens (primary N) is 1. The number of thioether (sulfide) groups is 1. The Balaban J connectivity index is 2.50. The number of rotatable bonds is 7. The third-order valence-electron chi connectivity index (χ3n) is 3.16. The van der Waals surface area contributed by atoms with E-state index in [1.165, 1.54) is 0 Å². The fourth-order valence-electron chi connectivity index (χ4n) is 2.44. The normalized spacial score (nSPS) is 28.8. The number of aliphatic hydroxyl groups is 1. The molecule has 2 atom stereocenters. The molecule has 1 aliphatic rings. The molecule has 0 bridgehead atoms. The maximum atomic E-state index is 11.6. The summed E-state index contributed by atoms with van der Waals surface area (Å²) < 4.78 is 0. The van der Waals surface area contributed by atoms with Gasteiger partial charge in [0.1, 0.15) is 0 Å². The van der Waals surface area contributed by atoms with Crippen LogP contribution in [0.1, 0.15) is 39.5 Å². The molecule has 5 heteroatoms. The molecule has 1 rings (SSSR count). The molecule has 0 aromatic carbocycles. The maximum Gasteiger partial charge on any atom is 0.237 e. The summed E-state index contributed by atoms with van der Waals surface area (Å²) in [4.78, 5) is 11.6. The Morgan fingerprint density at radius 1 is 1.65 bits per heavy atom. The van der Waals surface area contributed by atoms with Crippen LogP contribution in [0.2, 0.25) is 0 Å². The van der Waals surface area contributed by atoms with E-state index in [9.17, 15) is 4.79 Å². The number of primary amides is 1. The van der Waals surface area contributed by atoms with Crippen molar-refractivity contribution in [3.8, 4) is 0 Å². The van der Waals surface area contributed by atoms with Crippen LogP contribution in [0, 0.1) is 0 Å². The molecule has 0 spiro atoms. The highest BCUT2D eigenvalue weighted by Gasteiger charge is 2.44. The van der Waals surface area contributed by atoms with Gasteiger partial charge in [-0.3, -0.25) is 4.79 Å². The molecular weight excluding hydrogens is 236 g/mol. The van der Waals surface area contributed by atoms with Crippen molar-refractivity contribution in [1.82, 2.24) is 5.32 Å². The molecular formula is C12H24N2O2S. The number of hydrogen-bond acceptors (Lipinski definition) is 4. The summed E-state index contributed by atoms with van der Waals surface area (Å²) in [5, 5.41) is 12.6. The second-order valence-corrected chi connectivity index (χ2v) is 6.47. The van der Waals surface area contributed by atoms with Gasteiger partial charge in [-0.1, -0.05) is 0 Å². The molecule has 0 saturated heterocycles. The van der Waals surface area contributed by atoms with Crippen LogP contribution >= 0.6 is 11.8 Å². The minimum atomic E-state index is -0.509. The maximum absolute atomic E-state index is 11.6. The molecule has 4 N–H and O–H groups in total. The molecule has 2 unspecified atom stereocenters. The van der Waals surface area contributed by atoms with E-state index in [0.29, 0.717) is 5.25 Å². The highest BCUT2D eigenvalue weighted by Crippen LogP contribution is 2.37. The van der Waals surface area contributed by atoms with E-state index in [1.54, 1.807) is 0 Å². The van der Waals surface area contributed by atoms with Gasteiger partial charge < -0.3 is 16.2 Å². The van der Waals surface area contributed by atoms with Crippen LogP contribution in [0.15, 0.2) is 0 Å². The minimum Gasteiger partial charge on any atom is -0.396 e. The zero-order valence-electron chi connectivity index (χ0n) is 10.7. The first-order valence-electron chi connectivity index (χ1n) is 6.30. The fraction of sp³-hybridized carbons (Fsp3) is 0.917. The summed E-state index contributed by atoms with van der Waals surface area (Å²) in [6, 6.07) is 0.267. The molecule has 0 aliphatic heterocycles. The first-order chi connectivity index (χ1) is 8.00. The van der Waals surface area contributed by atoms with Crippen molar-refractivity contribution in [2.75, 3.05) is 12.4 Å². The van der Waals surface area contributed by atoms with Gasteiger partial charge in [0, 0.05) is 17.9 Å². The van der Waals surface area contributed by atoms with E-state index in [0.717, 1.165) is 31.4 Å². The average molecular weight is 260 g/mol. The molecule has 1 saturated carbocycles. The predicted octanol–water partition coefficient (Wildman–Crippen LogP) is 0.877. The molecule has 0 aromatic heterocycles. The largest absolute Gasteiger partial charge is 0.396 e. The first kappa shape index (κ1) is 14.8. The number of hydrogen-bond donors (Lipinski definition) is 3. The Morgan fingerprint density at radius 2 is 2.35 bits per heavy atom. The molecule has 0 aromatic rings. The van der Waals surface area contributed by atoms with Crippen molar-refractivity contribution in [2.45, 2.75) is 56.4 Å². The van der Waals surface area contributed by atoms with Gasteiger partial charge in [-0.15, -0.1) is 0 Å². The topological polar surface area (TPSA) is 75.3 Å². The van der Waals surface area contributed by atoms with E-state index >= 15 is 0 Å². The molecule has 0 radical (unpaired) electrons. The van der Waals surface area contributed by atoms with E-state index in [2.05, 4.69) is 5.32 Å². The van der Waals surface area contributed by atoms with Gasteiger partial charge in [-0.25, -0.2) is 0 Å². The predicted molar refractivity (Wildman–Crippen MR) is 72.0 cm³/mol. The summed E-state index contributed by atoms with van der Waals surface area (Å²) in [5.74, 6) is 0.731. The highest BCUT2D eigenvalue weighted by atomic mass is 32.2. The SMILES string of the molecule is CC(C)NC1(C(N)=O)CCC(SCCCO)C1. The summed E-state index contributed by atoms with van der Waals surface area (Å²) in [5.41, 5.74) is 5.04. The van der Waals surface area contributed by atoms with Crippen molar-refractivity contribution in [3.63, 3.8) is 0 Å². The number of nitrogens with one attached hydrogen (secondary N) is 1. The van der Waals surface area contributed by atoms with E-state index in [1.807, 2.05) is 25.6 Å². The minimum absolute atomic E-state index is 0.226. The average Bonchev–Trinajstić information content (AvgIpc) is 2.62. The third-order valence-corrected chi connectivity index (χ3v) is 4.56. The van der Waals surface area contributed by atoms with Crippen LogP contribution in [-0.2, 0) is 4.79 Å². The zero-order valence-corrected chi connectivity index (χ0v) is 11.6. The van der Waals surface area contributed by atoms with Gasteiger partial charge in [-0.2, -0.15) is 11.8 Å². The lowest BCUT2D eigenvalue weighted by Gasteiger charge is -2.29. The van der Waals surface area contributed by atoms with E-state index in [4.69, 9.17) is 10.8 Å². The van der Waals surface area contributed by atoms with Gasteiger partial charge in [-0.05, 0) is 45.3 Å². The monoisotopic (exact) mass is 260 g/mol. The van der Waals surface area contributed by atoms with Gasteiger partial charge in [0.2, 0.25) is 5.91 Å². The standard InChI is InChI=1S/C12H24N2O2S/c1-9(2)14-12(11(13)16)5-4-10(8-12)17-7-3-6-15/h9-10,14-15H,3-8H2,1-2H3,(H2,13,16). The molecule has 100 valence electrons. The van der Waals surface area contributed by atoms with Crippen LogP contribution in [0.25, 0.3) is 0 Å². The van der Waals surface area contributed by atoms with E-state index in [-0.39, 0.29) is 18.6 Å². The number of carbonyl (C=O) groups excluding carboxylic acids is 1. The van der Waals surface area contributed by atoms with Gasteiger partial charge in [0.25, 0.3) is 0 Å². The highest BCUT2D eigenvalue weighted by molar-refractivity contribution is 7.99. The van der Waals surface area contributed by atoms with Crippen LogP contribution in [-0.4, -0.2) is 40.2 Å². The molecule has 17 heavy (non-hydrogen) atoms. The Kier molecular flexibility index (Phi) is 5.76. The van der Waals surface area contributed by atoms with Gasteiger partial charge in [0.05, 0.1) is 5.54 Å². The Morgan fingerprint density at radius 3 is 2.88 bits per heavy atom. The summed E-state index contributed by atoms with van der Waals surface area (Å²) in [6.07, 6.45) is 3.50. The van der Waals surface area contributed by atoms with Crippen LogP contribution in [0.4, 0.5) is 0 Å². The fourth-order valence-corrected chi connectivity index (χ4v) is 3.75. The second-order valence-electron chi connectivity index (χ2n) is 5.06. The van der Waals surface area contributed by atoms with Crippen LogP contribution < -0.4 is 11.1 Å². The molecule has 1 aliphatic carbocycles. The van der Waals surface area contributed by atoms with Crippen LogP contribution in [0.5, 0.6) is 0 Å². The number of aliphatic hydroxyl groups excluding tert-OH is 1. The second kappa shape index (κ2) is 6.61. The lowest BCUT2D eigenvalue weighted by molar-refractivity contribution is -0.124. The molecule has 0 heterocycles. The van der Waals surface area contributed by atoms with Crippen molar-refractivity contribution in [1.29, 1.82) is 0 Å². The van der Waals surface area contributed by atoms with Gasteiger partial charge in [0.15, 0.2) is 0 Å².